The Kier molecular flexibility index (Phi) is 4.33. The van der Waals surface area contributed by atoms with E-state index >= 15 is 0 Å². The van der Waals surface area contributed by atoms with E-state index in [0.29, 0.717) is 0 Å². The van der Waals surface area contributed by atoms with Gasteiger partial charge in [0.05, 0.1) is 24.7 Å². The largest absolute Gasteiger partial charge is 0.395 e. The summed E-state index contributed by atoms with van der Waals surface area (Å²) in [7, 11) is 0. The molecule has 0 unspecified atom stereocenters. The predicted octanol–water partition coefficient (Wildman–Crippen LogP) is 1.44. The Morgan fingerprint density at radius 1 is 1.16 bits per heavy atom. The van der Waals surface area contributed by atoms with Crippen molar-refractivity contribution in [3.05, 3.63) is 36.4 Å². The van der Waals surface area contributed by atoms with Gasteiger partial charge in [-0.05, 0) is 18.6 Å². The van der Waals surface area contributed by atoms with Crippen LogP contribution in [0.5, 0.6) is 0 Å². The van der Waals surface area contributed by atoms with Crippen LogP contribution in [0.15, 0.2) is 30.9 Å². The Bertz CT molecular complexity index is 869. The molecule has 7 heteroatoms. The third-order valence-electron chi connectivity index (χ3n) is 4.77. The van der Waals surface area contributed by atoms with Crippen LogP contribution in [0, 0.1) is 6.92 Å². The number of H-pyrrole nitrogens is 1. The molecule has 1 aliphatic heterocycles. The molecule has 0 amide bonds. The van der Waals surface area contributed by atoms with Gasteiger partial charge in [-0.15, -0.1) is 0 Å². The van der Waals surface area contributed by atoms with Gasteiger partial charge in [0, 0.05) is 56.1 Å². The highest BCUT2D eigenvalue weighted by molar-refractivity contribution is 5.83. The van der Waals surface area contributed by atoms with Crippen molar-refractivity contribution >= 4 is 16.9 Å². The maximum absolute atomic E-state index is 9.06. The number of hydrogen-bond donors (Lipinski definition) is 2. The summed E-state index contributed by atoms with van der Waals surface area (Å²) < 4.78 is 0. The molecule has 25 heavy (non-hydrogen) atoms. The number of pyridine rings is 1. The minimum Gasteiger partial charge on any atom is -0.395 e. The van der Waals surface area contributed by atoms with Crippen LogP contribution in [0.2, 0.25) is 0 Å². The van der Waals surface area contributed by atoms with Gasteiger partial charge in [0.2, 0.25) is 0 Å². The van der Waals surface area contributed by atoms with E-state index in [2.05, 4.69) is 37.7 Å². The molecular formula is C18H22N6O. The SMILES string of the molecule is Cc1c[nH]c2ncc(-c3cncc(N4CCN(CCO)CC4)n3)cc12. The normalized spacial score (nSPS) is 15.8. The summed E-state index contributed by atoms with van der Waals surface area (Å²) in [5.41, 5.74) is 3.88. The van der Waals surface area contributed by atoms with Crippen molar-refractivity contribution in [2.45, 2.75) is 6.92 Å². The molecule has 0 atom stereocenters. The van der Waals surface area contributed by atoms with Crippen molar-refractivity contribution in [2.24, 2.45) is 0 Å². The number of anilines is 1. The molecule has 130 valence electrons. The first-order chi connectivity index (χ1) is 12.2. The van der Waals surface area contributed by atoms with E-state index in [9.17, 15) is 0 Å². The monoisotopic (exact) mass is 338 g/mol. The molecule has 0 radical (unpaired) electrons. The highest BCUT2D eigenvalue weighted by Crippen LogP contribution is 2.24. The molecule has 2 N–H and O–H groups in total. The van der Waals surface area contributed by atoms with Crippen molar-refractivity contribution in [2.75, 3.05) is 44.2 Å². The van der Waals surface area contributed by atoms with Gasteiger partial charge in [-0.1, -0.05) is 0 Å². The number of aliphatic hydroxyl groups is 1. The highest BCUT2D eigenvalue weighted by Gasteiger charge is 2.18. The zero-order chi connectivity index (χ0) is 17.2. The molecule has 0 aromatic carbocycles. The Hall–Kier alpha value is -2.51. The molecule has 1 fully saturated rings. The van der Waals surface area contributed by atoms with E-state index in [1.165, 1.54) is 5.56 Å². The van der Waals surface area contributed by atoms with Gasteiger partial charge in [0.1, 0.15) is 11.5 Å². The number of nitrogens with one attached hydrogen (secondary N) is 1. The summed E-state index contributed by atoms with van der Waals surface area (Å²) in [6, 6.07) is 2.11. The quantitative estimate of drug-likeness (QED) is 0.749. The number of aryl methyl sites for hydroxylation is 1. The zero-order valence-corrected chi connectivity index (χ0v) is 14.3. The summed E-state index contributed by atoms with van der Waals surface area (Å²) in [4.78, 5) is 21.4. The molecular weight excluding hydrogens is 316 g/mol. The van der Waals surface area contributed by atoms with Gasteiger partial charge in [-0.2, -0.15) is 0 Å². The maximum atomic E-state index is 9.06. The molecule has 0 bridgehead atoms. The van der Waals surface area contributed by atoms with Crippen molar-refractivity contribution in [3.63, 3.8) is 0 Å². The van der Waals surface area contributed by atoms with Gasteiger partial charge >= 0.3 is 0 Å². The summed E-state index contributed by atoms with van der Waals surface area (Å²) in [6.07, 6.45) is 7.41. The van der Waals surface area contributed by atoms with E-state index in [1.54, 1.807) is 6.20 Å². The standard InChI is InChI=1S/C18H22N6O/c1-13-9-20-18-15(13)8-14(10-21-18)16-11-19-12-17(22-16)24-4-2-23(3-5-24)6-7-25/h8-12,25H,2-7H2,1H3,(H,20,21). The third kappa shape index (κ3) is 3.20. The number of fused-ring (bicyclic) bond motifs is 1. The summed E-state index contributed by atoms with van der Waals surface area (Å²) in [5, 5.41) is 10.2. The lowest BCUT2D eigenvalue weighted by Gasteiger charge is -2.34. The number of aromatic nitrogens is 4. The predicted molar refractivity (Wildman–Crippen MR) is 97.6 cm³/mol. The maximum Gasteiger partial charge on any atom is 0.147 e. The first kappa shape index (κ1) is 16.0. The van der Waals surface area contributed by atoms with E-state index in [0.717, 1.165) is 60.8 Å². The fraction of sp³-hybridized carbons (Fsp3) is 0.389. The van der Waals surface area contributed by atoms with Crippen LogP contribution in [0.25, 0.3) is 22.3 Å². The molecule has 3 aromatic heterocycles. The van der Waals surface area contributed by atoms with Crippen LogP contribution in [0.3, 0.4) is 0 Å². The van der Waals surface area contributed by atoms with E-state index in [-0.39, 0.29) is 6.61 Å². The lowest BCUT2D eigenvalue weighted by Crippen LogP contribution is -2.47. The van der Waals surface area contributed by atoms with Crippen LogP contribution in [0.1, 0.15) is 5.56 Å². The van der Waals surface area contributed by atoms with Crippen LogP contribution in [-0.4, -0.2) is 69.3 Å². The lowest BCUT2D eigenvalue weighted by molar-refractivity contribution is 0.188. The second-order valence-corrected chi connectivity index (χ2v) is 6.41. The highest BCUT2D eigenvalue weighted by atomic mass is 16.3. The molecule has 4 rings (SSSR count). The second kappa shape index (κ2) is 6.78. The smallest absolute Gasteiger partial charge is 0.147 e. The summed E-state index contributed by atoms with van der Waals surface area (Å²) >= 11 is 0. The molecule has 0 spiro atoms. The van der Waals surface area contributed by atoms with Crippen molar-refractivity contribution in [3.8, 4) is 11.3 Å². The number of aromatic amines is 1. The van der Waals surface area contributed by atoms with Crippen LogP contribution < -0.4 is 4.90 Å². The first-order valence-corrected chi connectivity index (χ1v) is 8.59. The Morgan fingerprint density at radius 3 is 2.80 bits per heavy atom. The van der Waals surface area contributed by atoms with Crippen LogP contribution in [0.4, 0.5) is 5.82 Å². The molecule has 7 nitrogen and oxygen atoms in total. The number of rotatable bonds is 4. The van der Waals surface area contributed by atoms with Crippen molar-refractivity contribution in [1.29, 1.82) is 0 Å². The average molecular weight is 338 g/mol. The second-order valence-electron chi connectivity index (χ2n) is 6.41. The minimum absolute atomic E-state index is 0.212. The number of aliphatic hydroxyl groups excluding tert-OH is 1. The van der Waals surface area contributed by atoms with Gasteiger partial charge in [-0.25, -0.2) is 9.97 Å². The molecule has 3 aromatic rings. The number of β-amino-alcohol motifs (C(OH)–C–C–N with tert-alkyl or cyclic N) is 1. The summed E-state index contributed by atoms with van der Waals surface area (Å²) in [6.45, 7) is 6.67. The Balaban J connectivity index is 1.57. The molecule has 4 heterocycles. The van der Waals surface area contributed by atoms with Gasteiger partial charge in [-0.3, -0.25) is 9.88 Å². The Morgan fingerprint density at radius 2 is 2.00 bits per heavy atom. The van der Waals surface area contributed by atoms with Crippen LogP contribution in [-0.2, 0) is 0 Å². The number of piperazine rings is 1. The summed E-state index contributed by atoms with van der Waals surface area (Å²) in [5.74, 6) is 0.895. The van der Waals surface area contributed by atoms with Crippen molar-refractivity contribution < 1.29 is 5.11 Å². The third-order valence-corrected chi connectivity index (χ3v) is 4.77. The fourth-order valence-electron chi connectivity index (χ4n) is 3.26. The fourth-order valence-corrected chi connectivity index (χ4v) is 3.26. The lowest BCUT2D eigenvalue weighted by atomic mass is 10.1. The van der Waals surface area contributed by atoms with E-state index in [4.69, 9.17) is 10.1 Å². The van der Waals surface area contributed by atoms with Crippen molar-refractivity contribution in [1.82, 2.24) is 24.8 Å². The zero-order valence-electron chi connectivity index (χ0n) is 14.3. The molecule has 0 aliphatic carbocycles. The average Bonchev–Trinajstić information content (AvgIpc) is 3.03. The minimum atomic E-state index is 0.212. The van der Waals surface area contributed by atoms with Gasteiger partial charge < -0.3 is 15.0 Å². The Labute approximate surface area is 146 Å². The van der Waals surface area contributed by atoms with E-state index < -0.39 is 0 Å². The van der Waals surface area contributed by atoms with Crippen LogP contribution >= 0.6 is 0 Å². The first-order valence-electron chi connectivity index (χ1n) is 8.59. The number of hydrogen-bond acceptors (Lipinski definition) is 6. The molecule has 1 saturated heterocycles. The van der Waals surface area contributed by atoms with Gasteiger partial charge in [0.15, 0.2) is 0 Å². The molecule has 0 saturated carbocycles. The van der Waals surface area contributed by atoms with Gasteiger partial charge in [0.25, 0.3) is 0 Å². The molecule has 1 aliphatic rings. The topological polar surface area (TPSA) is 81.2 Å². The van der Waals surface area contributed by atoms with E-state index in [1.807, 2.05) is 18.6 Å². The number of nitrogens with zero attached hydrogens (tertiary/aromatic N) is 5.